The maximum Gasteiger partial charge on any atom is 0.360 e. The minimum atomic E-state index is -1.25. The standard InChI is InChI=1S/C31H29FN4O6.C29H27FN6O5.CH4O.CH4/c1-14-10-15-6-9-21-18(11-15)31(17-12-16(32)7-8-19(17)34-29(31)41-21)24-22(26-33-20(13-40-26)28(38)39-5)35-27(42-24)23(30(2,3)4)36-25(14)37;1-28(2,3)21-26-35-20(25-33-18(11-39-25)23(32)37)22(41-26)29-14-10-13(30)5-6-17(14)34-27(29)40-19-7-4-12(8-15(19)29)9-16(31)24(38)36-21;1-2;/h6-9,11-14,23,29,34H,10H2,1-5H3,(H,36,37);4-8,10-11,16,21,27,34H,9,31H2,1-3H3,(H2,32,37)(H,36,38);2H,1H3;1H4/t14-,23+,29+,31-;16-,21+,27+,29-;;/m00../s1. The van der Waals surface area contributed by atoms with E-state index in [1.165, 1.54) is 37.6 Å². The van der Waals surface area contributed by atoms with Crippen molar-refractivity contribution in [3.63, 3.8) is 0 Å². The largest absolute Gasteiger partial charge is 0.469 e. The Morgan fingerprint density at radius 3 is 1.55 bits per heavy atom. The Balaban J connectivity index is 0.000000172. The zero-order chi connectivity index (χ0) is 60.4. The zero-order valence-electron chi connectivity index (χ0n) is 47.6. The third kappa shape index (κ3) is 9.11. The van der Waals surface area contributed by atoms with E-state index in [1.54, 1.807) is 18.2 Å². The molecule has 0 radical (unpaired) electrons. The first-order valence-corrected chi connectivity index (χ1v) is 27.3. The number of nitrogens with two attached hydrogens (primary N) is 2. The topological polar surface area (TPSA) is 320 Å². The Morgan fingerprint density at radius 2 is 1.09 bits per heavy atom. The van der Waals surface area contributed by atoms with Crippen LogP contribution in [0.1, 0.15) is 146 Å². The van der Waals surface area contributed by atoms with E-state index in [4.69, 9.17) is 58.4 Å². The molecule has 8 atom stereocenters. The molecule has 8 aromatic rings. The van der Waals surface area contributed by atoms with Crippen LogP contribution in [0.2, 0.25) is 0 Å². The summed E-state index contributed by atoms with van der Waals surface area (Å²) in [6.07, 6.45) is 1.57. The summed E-state index contributed by atoms with van der Waals surface area (Å²) in [6, 6.07) is 18.0. The van der Waals surface area contributed by atoms with Gasteiger partial charge in [0, 0.05) is 46.7 Å². The molecule has 2 spiro atoms. The van der Waals surface area contributed by atoms with Crippen molar-refractivity contribution in [2.45, 2.75) is 110 Å². The second-order valence-electron chi connectivity index (χ2n) is 23.9. The van der Waals surface area contributed by atoms with Crippen LogP contribution in [0.5, 0.6) is 11.5 Å². The number of nitrogens with one attached hydrogen (secondary N) is 4. The van der Waals surface area contributed by atoms with Crippen molar-refractivity contribution in [1.29, 1.82) is 0 Å². The van der Waals surface area contributed by atoms with Crippen molar-refractivity contribution in [3.05, 3.63) is 165 Å². The van der Waals surface area contributed by atoms with Gasteiger partial charge in [-0.3, -0.25) is 14.4 Å². The van der Waals surface area contributed by atoms with Gasteiger partial charge in [0.1, 0.15) is 58.6 Å². The van der Waals surface area contributed by atoms with Crippen LogP contribution in [0.4, 0.5) is 20.2 Å². The van der Waals surface area contributed by atoms with E-state index in [-0.39, 0.29) is 89.4 Å². The van der Waals surface area contributed by atoms with Crippen molar-refractivity contribution in [3.8, 4) is 34.7 Å². The minimum Gasteiger partial charge on any atom is -0.469 e. The third-order valence-electron chi connectivity index (χ3n) is 16.2. The van der Waals surface area contributed by atoms with Crippen LogP contribution < -0.4 is 42.2 Å². The van der Waals surface area contributed by atoms with Gasteiger partial charge in [-0.15, -0.1) is 0 Å². The number of oxazole rings is 4. The number of hydrogen-bond acceptors (Lipinski definition) is 19. The van der Waals surface area contributed by atoms with Crippen LogP contribution in [0.3, 0.4) is 0 Å². The van der Waals surface area contributed by atoms with Crippen molar-refractivity contribution in [1.82, 2.24) is 30.6 Å². The number of aliphatic hydroxyl groups excluding tert-OH is 1. The maximum absolute atomic E-state index is 15.0. The quantitative estimate of drug-likeness (QED) is 0.0812. The van der Waals surface area contributed by atoms with Crippen LogP contribution in [0, 0.1) is 28.4 Å². The average molecular weight is 1180 g/mol. The molecule has 0 saturated carbocycles. The summed E-state index contributed by atoms with van der Waals surface area (Å²) in [4.78, 5) is 69.3. The number of anilines is 2. The van der Waals surface area contributed by atoms with Gasteiger partial charge in [0.15, 0.2) is 46.8 Å². The van der Waals surface area contributed by atoms with Gasteiger partial charge in [-0.05, 0) is 83.3 Å². The number of esters is 1. The van der Waals surface area contributed by atoms with Gasteiger partial charge in [-0.1, -0.05) is 80.2 Å². The number of hydrogen-bond donors (Lipinski definition) is 7. The van der Waals surface area contributed by atoms with Crippen LogP contribution in [0.15, 0.2) is 103 Å². The summed E-state index contributed by atoms with van der Waals surface area (Å²) in [5.74, 6) is -1.24. The van der Waals surface area contributed by atoms with Crippen LogP contribution in [0.25, 0.3) is 23.2 Å². The molecule has 0 fully saturated rings. The fraction of sp³-hybridized carbons (Fsp3) is 0.355. The van der Waals surface area contributed by atoms with Crippen molar-refractivity contribution in [2.75, 3.05) is 24.9 Å². The predicted molar refractivity (Wildman–Crippen MR) is 305 cm³/mol. The van der Waals surface area contributed by atoms with Gasteiger partial charge >= 0.3 is 5.97 Å². The van der Waals surface area contributed by atoms with Gasteiger partial charge in [-0.2, -0.15) is 0 Å². The van der Waals surface area contributed by atoms with Crippen molar-refractivity contribution < 1.29 is 64.9 Å². The fourth-order valence-electron chi connectivity index (χ4n) is 12.2. The highest BCUT2D eigenvalue weighted by atomic mass is 19.1. The number of carbonyl (C=O) groups excluding carboxylic acids is 4. The van der Waals surface area contributed by atoms with Crippen molar-refractivity contribution in [2.24, 2.45) is 28.2 Å². The molecule has 0 aliphatic carbocycles. The lowest BCUT2D eigenvalue weighted by molar-refractivity contribution is -0.126. The first-order chi connectivity index (χ1) is 40.5. The normalized spacial score (nSPS) is 23.4. The first-order valence-electron chi connectivity index (χ1n) is 27.3. The number of aromatic nitrogens is 4. The lowest BCUT2D eigenvalue weighted by Gasteiger charge is -2.31. The number of rotatable bonds is 4. The maximum atomic E-state index is 15.0. The number of aliphatic hydroxyl groups is 1. The fourth-order valence-corrected chi connectivity index (χ4v) is 12.2. The molecule has 4 aromatic heterocycles. The Morgan fingerprint density at radius 1 is 0.640 bits per heavy atom. The number of amides is 3. The molecular formula is C62H64F2N10O12. The number of methoxy groups -OCH3 is 1. The molecule has 86 heavy (non-hydrogen) atoms. The Bertz CT molecular complexity index is 4040. The minimum absolute atomic E-state index is 0. The molecule has 8 bridgehead atoms. The third-order valence-corrected chi connectivity index (χ3v) is 16.2. The molecule has 10 heterocycles. The van der Waals surface area contributed by atoms with E-state index in [1.807, 2.05) is 78.8 Å². The van der Waals surface area contributed by atoms with E-state index >= 15 is 0 Å². The molecule has 4 aromatic carbocycles. The van der Waals surface area contributed by atoms with Crippen LogP contribution >= 0.6 is 0 Å². The lowest BCUT2D eigenvalue weighted by atomic mass is 9.72. The SMILES string of the molecule is C.CC(C)(C)[C@@H]1NC(=O)[C@@H](N)Cc2ccc3c(c2)[C@@]2(c4cc(F)ccc4N[C@@H]2O3)c2oc1nc2-c1nc(C(N)=O)co1.CO.COC(=O)c1coc(-c2nc3oc2[C@@]24c5cc(F)ccc5N[C@@H]2Oc2ccc(cc24)C[C@H](C)C(=O)N[C@H]3C(C)(C)C)n1. The van der Waals surface area contributed by atoms with Gasteiger partial charge in [-0.25, -0.2) is 33.5 Å². The lowest BCUT2D eigenvalue weighted by Crippen LogP contribution is -2.46. The van der Waals surface area contributed by atoms with Gasteiger partial charge in [0.2, 0.25) is 35.4 Å². The smallest absolute Gasteiger partial charge is 0.360 e. The Labute approximate surface area is 491 Å². The Hall–Kier alpha value is -9.42. The molecular weight excluding hydrogens is 1110 g/mol. The van der Waals surface area contributed by atoms with Gasteiger partial charge < -0.3 is 69.7 Å². The summed E-state index contributed by atoms with van der Waals surface area (Å²) in [5.41, 5.74) is 14.0. The summed E-state index contributed by atoms with van der Waals surface area (Å²) >= 11 is 0. The second kappa shape index (κ2) is 21.0. The van der Waals surface area contributed by atoms with Gasteiger partial charge in [0.05, 0.1) is 13.2 Å². The molecule has 22 nitrogen and oxygen atoms in total. The molecule has 6 aliphatic heterocycles. The molecule has 448 valence electrons. The van der Waals surface area contributed by atoms with E-state index in [2.05, 4.69) is 31.2 Å². The first kappa shape index (κ1) is 58.4. The summed E-state index contributed by atoms with van der Waals surface area (Å²) < 4.78 is 72.5. The van der Waals surface area contributed by atoms with Gasteiger partial charge in [0.25, 0.3) is 5.91 Å². The number of halogens is 2. The van der Waals surface area contributed by atoms with E-state index in [0.717, 1.165) is 30.1 Å². The second-order valence-corrected chi connectivity index (χ2v) is 23.9. The van der Waals surface area contributed by atoms with E-state index < -0.39 is 75.8 Å². The zero-order valence-corrected chi connectivity index (χ0v) is 47.6. The molecule has 6 aliphatic rings. The number of fused-ring (bicyclic) bond motifs is 8. The number of carbonyl (C=O) groups is 4. The monoisotopic (exact) mass is 1180 g/mol. The number of nitrogens with zero attached hydrogens (tertiary/aromatic N) is 4. The summed E-state index contributed by atoms with van der Waals surface area (Å²) in [7, 11) is 2.25. The molecule has 9 N–H and O–H groups in total. The highest BCUT2D eigenvalue weighted by molar-refractivity contribution is 5.91. The molecule has 14 rings (SSSR count). The number of ether oxygens (including phenoxy) is 3. The molecule has 3 amide bonds. The number of benzene rings is 4. The van der Waals surface area contributed by atoms with E-state index in [9.17, 15) is 28.0 Å². The number of primary amides is 1. The average Bonchev–Trinajstić information content (AvgIpc) is 1.53. The summed E-state index contributed by atoms with van der Waals surface area (Å²) in [5, 5.41) is 19.9. The molecule has 0 unspecified atom stereocenters. The highest BCUT2D eigenvalue weighted by Crippen LogP contribution is 2.62. The Kier molecular flexibility index (Phi) is 14.2. The summed E-state index contributed by atoms with van der Waals surface area (Å²) in [6.45, 7) is 13.6. The highest BCUT2D eigenvalue weighted by Gasteiger charge is 2.63. The van der Waals surface area contributed by atoms with Crippen LogP contribution in [-0.2, 0) is 38.0 Å². The molecule has 24 heteroatoms. The van der Waals surface area contributed by atoms with E-state index in [0.29, 0.717) is 46.0 Å². The van der Waals surface area contributed by atoms with Crippen molar-refractivity contribution >= 4 is 35.1 Å². The van der Waals surface area contributed by atoms with Crippen LogP contribution in [-0.4, -0.2) is 81.5 Å². The molecule has 0 saturated heterocycles. The predicted octanol–water partition coefficient (Wildman–Crippen LogP) is 8.51.